The molecule has 3 aliphatic rings. The molecule has 0 spiro atoms. The molecular weight excluding hydrogens is 390 g/mol. The van der Waals surface area contributed by atoms with Crippen LogP contribution < -0.4 is 15.0 Å². The van der Waals surface area contributed by atoms with Gasteiger partial charge in [-0.2, -0.15) is 0 Å². The van der Waals surface area contributed by atoms with Crippen LogP contribution in [0.4, 0.5) is 5.82 Å². The predicted molar refractivity (Wildman–Crippen MR) is 113 cm³/mol. The summed E-state index contributed by atoms with van der Waals surface area (Å²) in [5, 5.41) is 3.89. The molecule has 1 aromatic carbocycles. The standard InChI is InChI=1S/C21H25N3O4S/c1-12-22-19-17(20(25)23-24(19)14-6-7-28-21(2,3)11-14)18(29-12)13-4-5-15-16(10-13)27-9-8-26-15/h4-5,10,14,18H,6-9,11H2,1-3H3,(H,23,25)/t14-,18-/m1/s1. The molecule has 29 heavy (non-hydrogen) atoms. The van der Waals surface area contributed by atoms with Crippen LogP contribution in [0.2, 0.25) is 0 Å². The number of thioether (sulfide) groups is 1. The third-order valence-corrected chi connectivity index (χ3v) is 6.83. The Kier molecular flexibility index (Phi) is 4.51. The molecule has 0 amide bonds. The number of benzene rings is 1. The Morgan fingerprint density at radius 2 is 2.00 bits per heavy atom. The minimum atomic E-state index is -0.214. The zero-order valence-electron chi connectivity index (χ0n) is 16.9. The number of H-pyrrole nitrogens is 1. The van der Waals surface area contributed by atoms with Crippen LogP contribution in [0, 0.1) is 0 Å². The van der Waals surface area contributed by atoms with E-state index in [0.717, 1.165) is 40.8 Å². The van der Waals surface area contributed by atoms with E-state index in [1.807, 2.05) is 29.8 Å². The SMILES string of the molecule is CC1=Nc2c(c(=O)[nH]n2[C@@H]2CCOC(C)(C)C2)[C@@H](c2ccc3c(c2)OCCO3)S1. The Labute approximate surface area is 173 Å². The average Bonchev–Trinajstić information content (AvgIpc) is 3.02. The minimum absolute atomic E-state index is 0.0760. The fourth-order valence-electron chi connectivity index (χ4n) is 4.35. The van der Waals surface area contributed by atoms with Crippen LogP contribution in [0.15, 0.2) is 28.0 Å². The summed E-state index contributed by atoms with van der Waals surface area (Å²) in [4.78, 5) is 17.8. The third-order valence-electron chi connectivity index (χ3n) is 5.65. The first kappa shape index (κ1) is 18.8. The van der Waals surface area contributed by atoms with E-state index in [1.165, 1.54) is 0 Å². The van der Waals surface area contributed by atoms with E-state index in [-0.39, 0.29) is 22.5 Å². The van der Waals surface area contributed by atoms with Crippen molar-refractivity contribution in [3.05, 3.63) is 39.7 Å². The number of nitrogens with zero attached hydrogens (tertiary/aromatic N) is 2. The molecule has 1 fully saturated rings. The van der Waals surface area contributed by atoms with Crippen LogP contribution in [-0.2, 0) is 4.74 Å². The number of ether oxygens (including phenoxy) is 3. The Morgan fingerprint density at radius 1 is 1.21 bits per heavy atom. The summed E-state index contributed by atoms with van der Waals surface area (Å²) >= 11 is 1.60. The zero-order chi connectivity index (χ0) is 20.2. The smallest absolute Gasteiger partial charge is 0.271 e. The Morgan fingerprint density at radius 3 is 2.79 bits per heavy atom. The largest absolute Gasteiger partial charge is 0.486 e. The van der Waals surface area contributed by atoms with Crippen LogP contribution in [0.1, 0.15) is 56.0 Å². The van der Waals surface area contributed by atoms with E-state index in [2.05, 4.69) is 18.9 Å². The number of nitrogens with one attached hydrogen (secondary N) is 1. The molecule has 154 valence electrons. The van der Waals surface area contributed by atoms with Gasteiger partial charge in [0, 0.05) is 6.61 Å². The molecule has 8 heteroatoms. The maximum absolute atomic E-state index is 13.0. The van der Waals surface area contributed by atoms with Gasteiger partial charge in [-0.05, 0) is 51.3 Å². The molecule has 0 aliphatic carbocycles. The fraction of sp³-hybridized carbons (Fsp3) is 0.524. The molecule has 1 N–H and O–H groups in total. The summed E-state index contributed by atoms with van der Waals surface area (Å²) in [7, 11) is 0. The van der Waals surface area contributed by atoms with Crippen molar-refractivity contribution in [2.24, 2.45) is 4.99 Å². The second-order valence-corrected chi connectivity index (χ2v) is 9.63. The first-order chi connectivity index (χ1) is 13.9. The Bertz CT molecular complexity index is 1040. The molecule has 1 saturated heterocycles. The van der Waals surface area contributed by atoms with Gasteiger partial charge in [0.1, 0.15) is 13.2 Å². The quantitative estimate of drug-likeness (QED) is 0.803. The molecule has 2 atom stereocenters. The summed E-state index contributed by atoms with van der Waals surface area (Å²) in [6.07, 6.45) is 1.69. The molecule has 3 aliphatic heterocycles. The summed E-state index contributed by atoms with van der Waals surface area (Å²) in [6.45, 7) is 7.95. The van der Waals surface area contributed by atoms with Gasteiger partial charge in [-0.1, -0.05) is 17.8 Å². The number of aromatic amines is 1. The number of aliphatic imine (C=N–C) groups is 1. The van der Waals surface area contributed by atoms with Crippen molar-refractivity contribution >= 4 is 22.6 Å². The topological polar surface area (TPSA) is 77.8 Å². The van der Waals surface area contributed by atoms with Gasteiger partial charge in [0.05, 0.1) is 27.5 Å². The summed E-state index contributed by atoms with van der Waals surface area (Å²) < 4.78 is 19.2. The van der Waals surface area contributed by atoms with Gasteiger partial charge in [0.15, 0.2) is 17.3 Å². The number of hydrogen-bond donors (Lipinski definition) is 1. The van der Waals surface area contributed by atoms with Crippen molar-refractivity contribution in [1.82, 2.24) is 9.78 Å². The van der Waals surface area contributed by atoms with Gasteiger partial charge in [-0.15, -0.1) is 0 Å². The van der Waals surface area contributed by atoms with Crippen molar-refractivity contribution < 1.29 is 14.2 Å². The monoisotopic (exact) mass is 415 g/mol. The highest BCUT2D eigenvalue weighted by Crippen LogP contribution is 2.47. The molecule has 0 unspecified atom stereocenters. The van der Waals surface area contributed by atoms with Crippen LogP contribution in [0.25, 0.3) is 0 Å². The molecule has 0 saturated carbocycles. The van der Waals surface area contributed by atoms with E-state index in [0.29, 0.717) is 25.4 Å². The number of rotatable bonds is 2. The molecule has 7 nitrogen and oxygen atoms in total. The van der Waals surface area contributed by atoms with Gasteiger partial charge >= 0.3 is 0 Å². The Balaban J connectivity index is 1.57. The first-order valence-corrected chi connectivity index (χ1v) is 10.9. The fourth-order valence-corrected chi connectivity index (χ4v) is 5.44. The van der Waals surface area contributed by atoms with Crippen LogP contribution in [-0.4, -0.2) is 40.2 Å². The molecule has 5 rings (SSSR count). The lowest BCUT2D eigenvalue weighted by atomic mass is 9.94. The first-order valence-electron chi connectivity index (χ1n) is 10.0. The Hall–Kier alpha value is -2.19. The predicted octanol–water partition coefficient (Wildman–Crippen LogP) is 3.96. The maximum Gasteiger partial charge on any atom is 0.271 e. The summed E-state index contributed by atoms with van der Waals surface area (Å²) in [5.74, 6) is 2.23. The molecule has 0 radical (unpaired) electrons. The van der Waals surface area contributed by atoms with Gasteiger partial charge < -0.3 is 14.2 Å². The van der Waals surface area contributed by atoms with Crippen molar-refractivity contribution in [3.63, 3.8) is 0 Å². The third kappa shape index (κ3) is 3.38. The van der Waals surface area contributed by atoms with Crippen molar-refractivity contribution in [1.29, 1.82) is 0 Å². The molecule has 1 aromatic heterocycles. The lowest BCUT2D eigenvalue weighted by molar-refractivity contribution is -0.0705. The second-order valence-electron chi connectivity index (χ2n) is 8.33. The second kappa shape index (κ2) is 6.95. The zero-order valence-corrected chi connectivity index (χ0v) is 17.7. The molecule has 4 heterocycles. The van der Waals surface area contributed by atoms with Gasteiger partial charge in [-0.3, -0.25) is 14.6 Å². The van der Waals surface area contributed by atoms with E-state index in [9.17, 15) is 4.79 Å². The highest BCUT2D eigenvalue weighted by molar-refractivity contribution is 8.14. The van der Waals surface area contributed by atoms with Gasteiger partial charge in [0.2, 0.25) is 0 Å². The lowest BCUT2D eigenvalue weighted by Gasteiger charge is -2.36. The van der Waals surface area contributed by atoms with Crippen molar-refractivity contribution in [2.75, 3.05) is 19.8 Å². The van der Waals surface area contributed by atoms with Crippen LogP contribution in [0.5, 0.6) is 11.5 Å². The average molecular weight is 416 g/mol. The van der Waals surface area contributed by atoms with E-state index >= 15 is 0 Å². The summed E-state index contributed by atoms with van der Waals surface area (Å²) in [5.41, 5.74) is 1.44. The van der Waals surface area contributed by atoms with E-state index in [1.54, 1.807) is 11.8 Å². The van der Waals surface area contributed by atoms with Crippen molar-refractivity contribution in [3.8, 4) is 11.5 Å². The van der Waals surface area contributed by atoms with Gasteiger partial charge in [0.25, 0.3) is 5.56 Å². The van der Waals surface area contributed by atoms with Crippen LogP contribution in [0.3, 0.4) is 0 Å². The lowest BCUT2D eigenvalue weighted by Crippen LogP contribution is -2.35. The van der Waals surface area contributed by atoms with Crippen LogP contribution >= 0.6 is 11.8 Å². The number of hydrogen-bond acceptors (Lipinski definition) is 6. The molecular formula is C21H25N3O4S. The van der Waals surface area contributed by atoms with Gasteiger partial charge in [-0.25, -0.2) is 4.99 Å². The maximum atomic E-state index is 13.0. The van der Waals surface area contributed by atoms with Crippen molar-refractivity contribution in [2.45, 2.75) is 50.5 Å². The number of aromatic nitrogens is 2. The minimum Gasteiger partial charge on any atom is -0.486 e. The van der Waals surface area contributed by atoms with E-state index in [4.69, 9.17) is 19.2 Å². The highest BCUT2D eigenvalue weighted by atomic mass is 32.2. The number of fused-ring (bicyclic) bond motifs is 2. The normalized spacial score (nSPS) is 25.3. The summed E-state index contributed by atoms with van der Waals surface area (Å²) in [6, 6.07) is 6.10. The molecule has 0 bridgehead atoms. The van der Waals surface area contributed by atoms with E-state index < -0.39 is 0 Å². The highest BCUT2D eigenvalue weighted by Gasteiger charge is 2.36. The molecule has 2 aromatic rings.